The number of piperidine rings is 1. The van der Waals surface area contributed by atoms with Crippen molar-refractivity contribution in [3.05, 3.63) is 35.9 Å². The predicted molar refractivity (Wildman–Crippen MR) is 87.3 cm³/mol. The number of ketones is 1. The first-order valence-electron chi connectivity index (χ1n) is 7.74. The number of nitrogens with two attached hydrogens (primary N) is 1. The van der Waals surface area contributed by atoms with Crippen LogP contribution in [0.3, 0.4) is 0 Å². The van der Waals surface area contributed by atoms with Crippen molar-refractivity contribution < 1.29 is 18.0 Å². The number of hydrogen-bond acceptors (Lipinski definition) is 4. The second-order valence-electron chi connectivity index (χ2n) is 5.88. The molecule has 7 heteroatoms. The molecule has 1 fully saturated rings. The Morgan fingerprint density at radius 1 is 1.22 bits per heavy atom. The Hall–Kier alpha value is -1.73. The fraction of sp³-hybridized carbons (Fsp3) is 0.500. The first-order valence-corrected chi connectivity index (χ1v) is 9.46. The second-order valence-corrected chi connectivity index (χ2v) is 7.61. The van der Waals surface area contributed by atoms with Crippen LogP contribution in [-0.4, -0.2) is 43.9 Å². The molecule has 0 radical (unpaired) electrons. The van der Waals surface area contributed by atoms with Crippen LogP contribution in [0.15, 0.2) is 30.3 Å². The maximum Gasteiger partial charge on any atom is 0.222 e. The number of rotatable bonds is 6. The number of hydrogen-bond donors (Lipinski definition) is 1. The van der Waals surface area contributed by atoms with E-state index in [1.807, 2.05) is 18.2 Å². The van der Waals surface area contributed by atoms with Crippen LogP contribution in [0, 0.1) is 5.92 Å². The number of carbonyl (C=O) groups excluding carboxylic acids is 2. The van der Waals surface area contributed by atoms with Gasteiger partial charge in [0.2, 0.25) is 15.9 Å². The lowest BCUT2D eigenvalue weighted by Crippen LogP contribution is -2.42. The van der Waals surface area contributed by atoms with Gasteiger partial charge in [0.05, 0.1) is 5.75 Å². The third kappa shape index (κ3) is 5.44. The zero-order valence-electron chi connectivity index (χ0n) is 13.0. The van der Waals surface area contributed by atoms with E-state index in [0.29, 0.717) is 18.7 Å². The Labute approximate surface area is 136 Å². The molecule has 0 bridgehead atoms. The molecule has 1 aromatic carbocycles. The average molecular weight is 338 g/mol. The number of benzene rings is 1. The molecule has 1 saturated heterocycles. The minimum Gasteiger partial charge on any atom is -0.342 e. The van der Waals surface area contributed by atoms with Crippen molar-refractivity contribution >= 4 is 21.7 Å². The summed E-state index contributed by atoms with van der Waals surface area (Å²) in [6.45, 7) is 1.02. The third-order valence-corrected chi connectivity index (χ3v) is 4.88. The molecule has 23 heavy (non-hydrogen) atoms. The van der Waals surface area contributed by atoms with E-state index in [0.717, 1.165) is 12.8 Å². The maximum atomic E-state index is 12.5. The van der Waals surface area contributed by atoms with Crippen LogP contribution in [0.5, 0.6) is 0 Å². The lowest BCUT2D eigenvalue weighted by Gasteiger charge is -2.32. The van der Waals surface area contributed by atoms with Crippen LogP contribution in [0.1, 0.15) is 36.0 Å². The first kappa shape index (κ1) is 17.6. The normalized spacial score (nSPS) is 18.7. The van der Waals surface area contributed by atoms with Gasteiger partial charge in [-0.1, -0.05) is 30.3 Å². The highest BCUT2D eigenvalue weighted by Crippen LogP contribution is 2.21. The zero-order valence-corrected chi connectivity index (χ0v) is 13.8. The summed E-state index contributed by atoms with van der Waals surface area (Å²) in [7, 11) is -3.54. The number of Topliss-reactive ketones (excluding diaryl/α,β-unsaturated/α-hetero) is 1. The quantitative estimate of drug-likeness (QED) is 0.787. The van der Waals surface area contributed by atoms with E-state index < -0.39 is 10.0 Å². The summed E-state index contributed by atoms with van der Waals surface area (Å²) in [5.41, 5.74) is 0.668. The Kier molecular flexibility index (Phi) is 5.90. The fourth-order valence-corrected chi connectivity index (χ4v) is 3.39. The van der Waals surface area contributed by atoms with E-state index in [9.17, 15) is 18.0 Å². The molecule has 2 N–H and O–H groups in total. The molecule has 126 valence electrons. The monoisotopic (exact) mass is 338 g/mol. The number of sulfonamides is 1. The number of nitrogens with zero attached hydrogens (tertiary/aromatic N) is 1. The molecule has 2 rings (SSSR count). The smallest absolute Gasteiger partial charge is 0.222 e. The average Bonchev–Trinajstić information content (AvgIpc) is 2.54. The molecule has 0 saturated carbocycles. The molecule has 0 spiro atoms. The van der Waals surface area contributed by atoms with E-state index in [1.54, 1.807) is 17.0 Å². The summed E-state index contributed by atoms with van der Waals surface area (Å²) >= 11 is 0. The molecule has 0 unspecified atom stereocenters. The van der Waals surface area contributed by atoms with Gasteiger partial charge in [-0.05, 0) is 19.3 Å². The van der Waals surface area contributed by atoms with E-state index in [-0.39, 0.29) is 36.2 Å². The molecule has 1 heterocycles. The Bertz CT molecular complexity index is 658. The van der Waals surface area contributed by atoms with Crippen LogP contribution >= 0.6 is 0 Å². The van der Waals surface area contributed by atoms with Crippen molar-refractivity contribution in [2.75, 3.05) is 18.8 Å². The van der Waals surface area contributed by atoms with E-state index in [4.69, 9.17) is 5.14 Å². The predicted octanol–water partition coefficient (Wildman–Crippen LogP) is 1.18. The van der Waals surface area contributed by atoms with Gasteiger partial charge in [0.1, 0.15) is 0 Å². The molecule has 0 aliphatic carbocycles. The van der Waals surface area contributed by atoms with Crippen LogP contribution in [0.25, 0.3) is 0 Å². The summed E-state index contributed by atoms with van der Waals surface area (Å²) in [5.74, 6) is -0.431. The summed E-state index contributed by atoms with van der Waals surface area (Å²) in [6, 6.07) is 9.09. The molecular formula is C16H22N2O4S. The van der Waals surface area contributed by atoms with Crippen LogP contribution in [0.4, 0.5) is 0 Å². The van der Waals surface area contributed by atoms with Gasteiger partial charge in [-0.25, -0.2) is 13.6 Å². The van der Waals surface area contributed by atoms with Gasteiger partial charge in [-0.2, -0.15) is 0 Å². The van der Waals surface area contributed by atoms with Crippen molar-refractivity contribution in [2.24, 2.45) is 11.1 Å². The van der Waals surface area contributed by atoms with Crippen molar-refractivity contribution in [2.45, 2.75) is 25.7 Å². The van der Waals surface area contributed by atoms with Crippen LogP contribution in [0.2, 0.25) is 0 Å². The van der Waals surface area contributed by atoms with Gasteiger partial charge in [-0.3, -0.25) is 9.59 Å². The molecule has 6 nitrogen and oxygen atoms in total. The number of carbonyl (C=O) groups is 2. The Morgan fingerprint density at radius 2 is 1.91 bits per heavy atom. The lowest BCUT2D eigenvalue weighted by atomic mass is 9.90. The van der Waals surface area contributed by atoms with E-state index in [2.05, 4.69) is 0 Å². The maximum absolute atomic E-state index is 12.5. The Balaban J connectivity index is 1.90. The SMILES string of the molecule is NS(=O)(=O)CCCC(=O)N1CCC[C@@H](C(=O)c2ccccc2)C1. The molecule has 1 aliphatic heterocycles. The highest BCUT2D eigenvalue weighted by molar-refractivity contribution is 7.89. The van der Waals surface area contributed by atoms with E-state index >= 15 is 0 Å². The van der Waals surface area contributed by atoms with Gasteiger partial charge < -0.3 is 4.90 Å². The van der Waals surface area contributed by atoms with Crippen molar-refractivity contribution in [1.82, 2.24) is 4.90 Å². The van der Waals surface area contributed by atoms with Crippen molar-refractivity contribution in [3.8, 4) is 0 Å². The fourth-order valence-electron chi connectivity index (χ4n) is 2.84. The first-order chi connectivity index (χ1) is 10.9. The summed E-state index contributed by atoms with van der Waals surface area (Å²) in [4.78, 5) is 26.3. The molecule has 1 atom stereocenters. The molecule has 1 amide bonds. The molecule has 1 aliphatic rings. The standard InChI is InChI=1S/C16H22N2O4S/c17-23(21,22)11-5-9-15(19)18-10-4-8-14(12-18)16(20)13-6-2-1-3-7-13/h1-3,6-7,14H,4-5,8-12H2,(H2,17,21,22)/t14-/m1/s1. The number of primary sulfonamides is 1. The summed E-state index contributed by atoms with van der Waals surface area (Å²) in [6.07, 6.45) is 1.91. The Morgan fingerprint density at radius 3 is 2.57 bits per heavy atom. The minimum absolute atomic E-state index is 0.0626. The zero-order chi connectivity index (χ0) is 16.9. The van der Waals surface area contributed by atoms with E-state index in [1.165, 1.54) is 0 Å². The van der Waals surface area contributed by atoms with Crippen LogP contribution in [-0.2, 0) is 14.8 Å². The van der Waals surface area contributed by atoms with Crippen molar-refractivity contribution in [1.29, 1.82) is 0 Å². The van der Waals surface area contributed by atoms with Gasteiger partial charge in [-0.15, -0.1) is 0 Å². The lowest BCUT2D eigenvalue weighted by molar-refractivity contribution is -0.132. The topological polar surface area (TPSA) is 97.5 Å². The van der Waals surface area contributed by atoms with Gasteiger partial charge in [0.15, 0.2) is 5.78 Å². The van der Waals surface area contributed by atoms with Gasteiger partial charge in [0, 0.05) is 31.0 Å². The van der Waals surface area contributed by atoms with Gasteiger partial charge >= 0.3 is 0 Å². The van der Waals surface area contributed by atoms with Crippen molar-refractivity contribution in [3.63, 3.8) is 0 Å². The van der Waals surface area contributed by atoms with Gasteiger partial charge in [0.25, 0.3) is 0 Å². The molecule has 0 aromatic heterocycles. The number of amides is 1. The highest BCUT2D eigenvalue weighted by atomic mass is 32.2. The molecular weight excluding hydrogens is 316 g/mol. The summed E-state index contributed by atoms with van der Waals surface area (Å²) < 4.78 is 21.8. The van der Waals surface area contributed by atoms with Crippen LogP contribution < -0.4 is 5.14 Å². The minimum atomic E-state index is -3.54. The second kappa shape index (κ2) is 7.70. The number of likely N-dealkylation sites (tertiary alicyclic amines) is 1. The largest absolute Gasteiger partial charge is 0.342 e. The summed E-state index contributed by atoms with van der Waals surface area (Å²) in [5, 5.41) is 4.93. The third-order valence-electron chi connectivity index (χ3n) is 4.02. The highest BCUT2D eigenvalue weighted by Gasteiger charge is 2.28. The molecule has 1 aromatic rings.